The molecule has 0 spiro atoms. The van der Waals surface area contributed by atoms with Crippen LogP contribution >= 0.6 is 11.6 Å². The number of piperidine rings is 1. The van der Waals surface area contributed by atoms with Gasteiger partial charge in [0, 0.05) is 75.8 Å². The largest absolute Gasteiger partial charge is 0.344 e. The zero-order chi connectivity index (χ0) is 30.9. The minimum Gasteiger partial charge on any atom is -0.344 e. The topological polar surface area (TPSA) is 109 Å². The summed E-state index contributed by atoms with van der Waals surface area (Å²) in [6.07, 6.45) is 2.16. The maximum atomic E-state index is 13.9. The monoisotopic (exact) mass is 607 g/mol. The van der Waals surface area contributed by atoms with Crippen molar-refractivity contribution in [3.05, 3.63) is 70.2 Å². The molecule has 2 saturated heterocycles. The lowest BCUT2D eigenvalue weighted by Crippen LogP contribution is -2.60. The van der Waals surface area contributed by atoms with Gasteiger partial charge in [-0.05, 0) is 61.2 Å². The van der Waals surface area contributed by atoms with Gasteiger partial charge in [-0.1, -0.05) is 49.7 Å². The Bertz CT molecular complexity index is 1250. The van der Waals surface area contributed by atoms with Crippen molar-refractivity contribution in [1.82, 2.24) is 25.1 Å². The predicted octanol–water partition coefficient (Wildman–Crippen LogP) is 3.44. The molecule has 0 unspecified atom stereocenters. The summed E-state index contributed by atoms with van der Waals surface area (Å²) in [5.41, 5.74) is 8.46. The van der Waals surface area contributed by atoms with Crippen molar-refractivity contribution in [3.8, 4) is 6.07 Å². The predicted molar refractivity (Wildman–Crippen MR) is 170 cm³/mol. The quantitative estimate of drug-likeness (QED) is 0.403. The number of halogens is 1. The van der Waals surface area contributed by atoms with Crippen LogP contribution in [-0.2, 0) is 16.0 Å². The maximum Gasteiger partial charge on any atom is 0.245 e. The third kappa shape index (κ3) is 9.49. The van der Waals surface area contributed by atoms with E-state index in [0.717, 1.165) is 51.1 Å². The minimum absolute atomic E-state index is 0.0105. The molecule has 4 rings (SSSR count). The Kier molecular flexibility index (Phi) is 12.0. The number of likely N-dealkylation sites (N-methyl/N-ethyl adjacent to an activating group) is 1. The average molecular weight is 608 g/mol. The van der Waals surface area contributed by atoms with E-state index < -0.39 is 12.1 Å². The maximum absolute atomic E-state index is 13.9. The van der Waals surface area contributed by atoms with E-state index in [-0.39, 0.29) is 18.2 Å². The highest BCUT2D eigenvalue weighted by Gasteiger charge is 2.34. The average Bonchev–Trinajstić information content (AvgIpc) is 3.00. The van der Waals surface area contributed by atoms with Gasteiger partial charge in [0.15, 0.2) is 0 Å². The number of rotatable bonds is 11. The third-order valence-electron chi connectivity index (χ3n) is 8.43. The Morgan fingerprint density at radius 2 is 1.74 bits per heavy atom. The van der Waals surface area contributed by atoms with Crippen molar-refractivity contribution in [3.63, 3.8) is 0 Å². The highest BCUT2D eigenvalue weighted by molar-refractivity contribution is 6.30. The second-order valence-corrected chi connectivity index (χ2v) is 12.8. The van der Waals surface area contributed by atoms with E-state index in [4.69, 9.17) is 17.3 Å². The molecule has 2 atom stereocenters. The molecule has 0 aromatic heterocycles. The Morgan fingerprint density at radius 1 is 1.07 bits per heavy atom. The summed E-state index contributed by atoms with van der Waals surface area (Å²) in [5, 5.41) is 17.9. The van der Waals surface area contributed by atoms with Gasteiger partial charge >= 0.3 is 0 Å². The molecule has 0 radical (unpaired) electrons. The Labute approximate surface area is 261 Å². The third-order valence-corrected chi connectivity index (χ3v) is 8.68. The van der Waals surface area contributed by atoms with Crippen LogP contribution < -0.4 is 11.1 Å². The molecule has 0 saturated carbocycles. The minimum atomic E-state index is -0.715. The van der Waals surface area contributed by atoms with E-state index in [0.29, 0.717) is 47.6 Å². The number of carbonyl (C=O) groups excluding carboxylic acids is 2. The second-order valence-electron chi connectivity index (χ2n) is 12.3. The van der Waals surface area contributed by atoms with Gasteiger partial charge in [0.05, 0.1) is 11.6 Å². The van der Waals surface area contributed by atoms with E-state index in [2.05, 4.69) is 47.2 Å². The van der Waals surface area contributed by atoms with Crippen LogP contribution in [0.4, 0.5) is 0 Å². The van der Waals surface area contributed by atoms with E-state index in [1.165, 1.54) is 0 Å². The van der Waals surface area contributed by atoms with Crippen molar-refractivity contribution in [1.29, 1.82) is 5.26 Å². The SMILES string of the molecule is CC(C)CN(C1CCN(C(=O)[C@@H](Cc2ccc(Cl)cc2)NC(=O)C[C@@H](N)c2cccc(C#N)c2)CC1)N1CCN(C)CC1. The number of amides is 2. The number of nitrogens with two attached hydrogens (primary N) is 1. The van der Waals surface area contributed by atoms with Gasteiger partial charge in [0.1, 0.15) is 6.04 Å². The molecular weight excluding hydrogens is 562 g/mol. The summed E-state index contributed by atoms with van der Waals surface area (Å²) in [4.78, 5) is 31.4. The Morgan fingerprint density at radius 3 is 2.37 bits per heavy atom. The van der Waals surface area contributed by atoms with Crippen LogP contribution in [0.25, 0.3) is 0 Å². The fourth-order valence-corrected chi connectivity index (χ4v) is 6.12. The first-order valence-electron chi connectivity index (χ1n) is 15.4. The summed E-state index contributed by atoms with van der Waals surface area (Å²) in [5.74, 6) is 0.180. The number of likely N-dealkylation sites (tertiary alicyclic amines) is 1. The number of piperazine rings is 1. The van der Waals surface area contributed by atoms with Crippen LogP contribution in [-0.4, -0.2) is 96.6 Å². The Hall–Kier alpha value is -3.00. The molecule has 2 fully saturated rings. The Balaban J connectivity index is 1.42. The summed E-state index contributed by atoms with van der Waals surface area (Å²) < 4.78 is 0. The molecule has 9 nitrogen and oxygen atoms in total. The summed E-state index contributed by atoms with van der Waals surface area (Å²) in [7, 11) is 2.17. The van der Waals surface area contributed by atoms with Crippen LogP contribution in [0.1, 0.15) is 55.8 Å². The molecule has 232 valence electrons. The first-order valence-corrected chi connectivity index (χ1v) is 15.8. The highest BCUT2D eigenvalue weighted by atomic mass is 35.5. The summed E-state index contributed by atoms with van der Waals surface area (Å²) in [6.45, 7) is 11.0. The molecule has 43 heavy (non-hydrogen) atoms. The molecule has 2 aromatic rings. The lowest BCUT2D eigenvalue weighted by atomic mass is 9.99. The number of nitriles is 1. The molecule has 0 bridgehead atoms. The van der Waals surface area contributed by atoms with E-state index >= 15 is 0 Å². The fourth-order valence-electron chi connectivity index (χ4n) is 5.99. The normalized spacial score (nSPS) is 18.4. The molecule has 2 aliphatic heterocycles. The molecule has 10 heteroatoms. The lowest BCUT2D eigenvalue weighted by molar-refractivity contribution is -0.140. The molecule has 2 amide bonds. The van der Waals surface area contributed by atoms with Gasteiger partial charge in [-0.25, -0.2) is 10.0 Å². The van der Waals surface area contributed by atoms with Crippen LogP contribution in [0.3, 0.4) is 0 Å². The van der Waals surface area contributed by atoms with Crippen molar-refractivity contribution < 1.29 is 9.59 Å². The van der Waals surface area contributed by atoms with Crippen molar-refractivity contribution in [2.24, 2.45) is 11.7 Å². The number of carbonyl (C=O) groups is 2. The van der Waals surface area contributed by atoms with Gasteiger partial charge in [0.25, 0.3) is 0 Å². The van der Waals surface area contributed by atoms with Crippen molar-refractivity contribution in [2.45, 2.75) is 57.7 Å². The lowest BCUT2D eigenvalue weighted by Gasteiger charge is -2.47. The van der Waals surface area contributed by atoms with Gasteiger partial charge in [-0.2, -0.15) is 5.26 Å². The van der Waals surface area contributed by atoms with Gasteiger partial charge < -0.3 is 20.9 Å². The van der Waals surface area contributed by atoms with E-state index in [1.807, 2.05) is 23.1 Å². The van der Waals surface area contributed by atoms with Gasteiger partial charge in [-0.3, -0.25) is 9.59 Å². The standard InChI is InChI=1S/C33H46ClN7O2/c1-24(2)23-41(40-17-15-38(3)16-18-40)29-11-13-39(14-12-29)33(43)31(20-25-7-9-28(34)10-8-25)37-32(42)21-30(36)27-6-4-5-26(19-27)22-35/h4-10,19,24,29-31H,11-18,20-21,23,36H2,1-3H3,(H,37,42)/t30-,31-/m1/s1. The first-order chi connectivity index (χ1) is 20.6. The summed E-state index contributed by atoms with van der Waals surface area (Å²) >= 11 is 6.10. The van der Waals surface area contributed by atoms with Crippen LogP contribution in [0.2, 0.25) is 5.02 Å². The van der Waals surface area contributed by atoms with Gasteiger partial charge in [0.2, 0.25) is 11.8 Å². The summed E-state index contributed by atoms with van der Waals surface area (Å²) in [6, 6.07) is 15.5. The molecule has 0 aliphatic carbocycles. The van der Waals surface area contributed by atoms with Crippen LogP contribution in [0, 0.1) is 17.2 Å². The van der Waals surface area contributed by atoms with Crippen molar-refractivity contribution >= 4 is 23.4 Å². The zero-order valence-electron chi connectivity index (χ0n) is 25.7. The molecule has 3 N–H and O–H groups in total. The van der Waals surface area contributed by atoms with E-state index in [9.17, 15) is 14.9 Å². The fraction of sp³-hybridized carbons (Fsp3) is 0.545. The number of benzene rings is 2. The zero-order valence-corrected chi connectivity index (χ0v) is 26.5. The second kappa shape index (κ2) is 15.6. The smallest absolute Gasteiger partial charge is 0.245 e. The molecule has 2 aliphatic rings. The number of nitrogens with one attached hydrogen (secondary N) is 1. The highest BCUT2D eigenvalue weighted by Crippen LogP contribution is 2.23. The van der Waals surface area contributed by atoms with Crippen molar-refractivity contribution in [2.75, 3.05) is 52.9 Å². The van der Waals surface area contributed by atoms with Gasteiger partial charge in [-0.15, -0.1) is 0 Å². The number of hydrogen-bond donors (Lipinski definition) is 2. The molecule has 2 heterocycles. The molecule has 2 aromatic carbocycles. The van der Waals surface area contributed by atoms with E-state index in [1.54, 1.807) is 30.3 Å². The first kappa shape index (κ1) is 32.9. The van der Waals surface area contributed by atoms with Crippen LogP contribution in [0.15, 0.2) is 48.5 Å². The number of nitrogens with zero attached hydrogens (tertiary/aromatic N) is 5. The number of hydrazine groups is 1. The number of hydrogen-bond acceptors (Lipinski definition) is 7. The van der Waals surface area contributed by atoms with Crippen LogP contribution in [0.5, 0.6) is 0 Å². The molecular formula is C33H46ClN7O2.